The molecule has 4 rings (SSSR count). The number of nitrogens with one attached hydrogen (secondary N) is 1. The molecule has 1 fully saturated rings. The Morgan fingerprint density at radius 1 is 1.08 bits per heavy atom. The van der Waals surface area contributed by atoms with E-state index >= 15 is 0 Å². The van der Waals surface area contributed by atoms with Crippen LogP contribution in [0.25, 0.3) is 5.52 Å². The maximum Gasteiger partial charge on any atom is 0.459 e. The molecule has 0 bridgehead atoms. The number of ether oxygens (including phenoxy) is 4. The predicted octanol–water partition coefficient (Wildman–Crippen LogP) is 5.07. The van der Waals surface area contributed by atoms with E-state index in [9.17, 15) is 24.2 Å². The average molecular weight is 729 g/mol. The second kappa shape index (κ2) is 17.0. The zero-order valence-corrected chi connectivity index (χ0v) is 30.5. The molecule has 1 aromatic carbocycles. The summed E-state index contributed by atoms with van der Waals surface area (Å²) in [5.74, 6) is -1.81. The van der Waals surface area contributed by atoms with Gasteiger partial charge in [-0.05, 0) is 61.4 Å². The second-order valence-corrected chi connectivity index (χ2v) is 14.7. The first-order chi connectivity index (χ1) is 24.2. The minimum Gasteiger partial charge on any atom is -0.461 e. The third kappa shape index (κ3) is 10.2. The summed E-state index contributed by atoms with van der Waals surface area (Å²) in [6, 6.07) is 8.79. The molecule has 0 spiro atoms. The molecule has 0 amide bonds. The van der Waals surface area contributed by atoms with Crippen molar-refractivity contribution in [3.8, 4) is 12.0 Å². The molecule has 1 saturated carbocycles. The molecular weight excluding hydrogens is 683 g/mol. The first kappa shape index (κ1) is 39.1. The Morgan fingerprint density at radius 3 is 2.33 bits per heavy atom. The van der Waals surface area contributed by atoms with Gasteiger partial charge in [-0.25, -0.2) is 14.1 Å². The molecule has 1 unspecified atom stereocenters. The Bertz CT molecular complexity index is 1770. The molecule has 276 valence electrons. The number of anilines is 1. The minimum atomic E-state index is -4.50. The van der Waals surface area contributed by atoms with Crippen LogP contribution in [0.5, 0.6) is 5.75 Å². The normalized spacial score (nSPS) is 16.7. The quantitative estimate of drug-likeness (QED) is 0.0803. The number of hydrogen-bond donors (Lipinski definition) is 2. The van der Waals surface area contributed by atoms with Gasteiger partial charge in [0.05, 0.1) is 5.69 Å². The summed E-state index contributed by atoms with van der Waals surface area (Å²) < 4.78 is 49.9. The van der Waals surface area contributed by atoms with Gasteiger partial charge in [-0.1, -0.05) is 46.8 Å². The lowest BCUT2D eigenvalue weighted by Crippen LogP contribution is -2.43. The summed E-state index contributed by atoms with van der Waals surface area (Å²) >= 11 is 0. The van der Waals surface area contributed by atoms with Gasteiger partial charge in [0.25, 0.3) is 6.26 Å². The van der Waals surface area contributed by atoms with Crippen molar-refractivity contribution in [3.05, 3.63) is 54.0 Å². The third-order valence-electron chi connectivity index (χ3n) is 8.17. The van der Waals surface area contributed by atoms with Crippen molar-refractivity contribution in [3.63, 3.8) is 0 Å². The van der Waals surface area contributed by atoms with E-state index in [1.54, 1.807) is 50.4 Å². The highest BCUT2D eigenvalue weighted by Crippen LogP contribution is 2.46. The number of nitriles is 1. The third-order valence-corrected chi connectivity index (χ3v) is 9.81. The Labute approximate surface area is 296 Å². The highest BCUT2D eigenvalue weighted by molar-refractivity contribution is 7.52. The van der Waals surface area contributed by atoms with E-state index in [1.807, 2.05) is 20.8 Å². The van der Waals surface area contributed by atoms with Gasteiger partial charge in [-0.3, -0.25) is 18.9 Å². The Balaban J connectivity index is 1.70. The van der Waals surface area contributed by atoms with E-state index in [1.165, 1.54) is 23.8 Å². The number of nitrogen functional groups attached to an aromatic ring is 1. The Kier molecular flexibility index (Phi) is 13.0. The lowest BCUT2D eigenvalue weighted by molar-refractivity contribution is -0.180. The monoisotopic (exact) mass is 728 g/mol. The van der Waals surface area contributed by atoms with Crippen LogP contribution in [0.3, 0.4) is 0 Å². The number of aromatic nitrogens is 3. The van der Waals surface area contributed by atoms with Crippen molar-refractivity contribution in [2.75, 3.05) is 12.3 Å². The summed E-state index contributed by atoms with van der Waals surface area (Å²) in [5, 5.41) is 16.6. The molecule has 1 aliphatic carbocycles. The van der Waals surface area contributed by atoms with Crippen LogP contribution in [0.2, 0.25) is 0 Å². The van der Waals surface area contributed by atoms with Gasteiger partial charge < -0.3 is 29.2 Å². The zero-order valence-electron chi connectivity index (χ0n) is 29.6. The average Bonchev–Trinajstić information content (AvgIpc) is 3.51. The van der Waals surface area contributed by atoms with Crippen molar-refractivity contribution >= 4 is 37.0 Å². The second-order valence-electron chi connectivity index (χ2n) is 13.0. The molecular formula is C34H45N6O10P. The van der Waals surface area contributed by atoms with E-state index in [2.05, 4.69) is 15.2 Å². The molecule has 17 heteroatoms. The highest BCUT2D eigenvalue weighted by atomic mass is 31.2. The van der Waals surface area contributed by atoms with Gasteiger partial charge in [0.15, 0.2) is 24.1 Å². The van der Waals surface area contributed by atoms with Gasteiger partial charge in [0, 0.05) is 12.8 Å². The van der Waals surface area contributed by atoms with Gasteiger partial charge in [0.1, 0.15) is 36.3 Å². The standard InChI is InChI=1S/C34H45N6O10P/c1-7-28(41)48-30(25-16-17-26-32(36)37-20-38-40(25)26)31(49-29(42)8-2)27(45-19-35)18-46-51(44,39-21(3)33(43)47-23-10-9-11-23)50-24-14-12-22(13-15-24)34(4,5)6/h12-17,20-21,23,27,30-31H,7-11,18H2,1-6H3,(H,39,44)(H2,36,37,38)/t21-,27+,30-,31+,51?/m0/s1. The number of rotatable bonds is 17. The SMILES string of the molecule is CCC(=O)O[C@H]([C@@H](COP(=O)(N[C@@H](C)C(=O)OC1CCC1)Oc1ccc(C(C)(C)C)cc1)OC#N)[C@@H](OC(=O)CC)c1ccc2c(N)ncnn12. The van der Waals surface area contributed by atoms with Gasteiger partial charge in [-0.2, -0.15) is 15.4 Å². The predicted molar refractivity (Wildman–Crippen MR) is 183 cm³/mol. The molecule has 5 atom stereocenters. The molecule has 51 heavy (non-hydrogen) atoms. The molecule has 3 aromatic rings. The van der Waals surface area contributed by atoms with Gasteiger partial charge in [-0.15, -0.1) is 0 Å². The lowest BCUT2D eigenvalue weighted by atomic mass is 9.87. The topological polar surface area (TPSA) is 216 Å². The van der Waals surface area contributed by atoms with Crippen molar-refractivity contribution in [2.24, 2.45) is 0 Å². The van der Waals surface area contributed by atoms with E-state index in [-0.39, 0.29) is 41.6 Å². The summed E-state index contributed by atoms with van der Waals surface area (Å²) in [6.45, 7) is 9.95. The molecule has 3 N–H and O–H groups in total. The number of fused-ring (bicyclic) bond motifs is 1. The maximum atomic E-state index is 14.5. The Morgan fingerprint density at radius 2 is 1.75 bits per heavy atom. The fraction of sp³-hybridized carbons (Fsp3) is 0.529. The Hall–Kier alpha value is -4.71. The number of carbonyl (C=O) groups is 3. The van der Waals surface area contributed by atoms with E-state index in [0.717, 1.165) is 24.8 Å². The summed E-state index contributed by atoms with van der Waals surface area (Å²) in [6.07, 6.45) is 0.249. The number of carbonyl (C=O) groups excluding carboxylic acids is 3. The highest BCUT2D eigenvalue weighted by Gasteiger charge is 2.43. The van der Waals surface area contributed by atoms with Crippen LogP contribution >= 0.6 is 7.75 Å². The first-order valence-electron chi connectivity index (χ1n) is 16.7. The van der Waals surface area contributed by atoms with Crippen LogP contribution in [0.15, 0.2) is 42.7 Å². The zero-order chi connectivity index (χ0) is 37.3. The van der Waals surface area contributed by atoms with Crippen LogP contribution < -0.4 is 15.3 Å². The molecule has 1 aliphatic rings. The van der Waals surface area contributed by atoms with E-state index < -0.39 is 56.6 Å². The molecule has 16 nitrogen and oxygen atoms in total. The smallest absolute Gasteiger partial charge is 0.459 e. The maximum absolute atomic E-state index is 14.5. The largest absolute Gasteiger partial charge is 0.461 e. The van der Waals surface area contributed by atoms with Gasteiger partial charge in [0.2, 0.25) is 0 Å². The lowest BCUT2D eigenvalue weighted by Gasteiger charge is -2.32. The van der Waals surface area contributed by atoms with Crippen LogP contribution in [-0.4, -0.2) is 63.5 Å². The van der Waals surface area contributed by atoms with Gasteiger partial charge >= 0.3 is 25.7 Å². The number of hydrogen-bond acceptors (Lipinski definition) is 14. The fourth-order valence-corrected chi connectivity index (χ4v) is 6.50. The molecule has 2 heterocycles. The van der Waals surface area contributed by atoms with Crippen molar-refractivity contribution in [2.45, 2.75) is 110 Å². The number of benzene rings is 1. The van der Waals surface area contributed by atoms with E-state index in [0.29, 0.717) is 5.52 Å². The summed E-state index contributed by atoms with van der Waals surface area (Å²) in [7, 11) is -4.50. The van der Waals surface area contributed by atoms with Crippen LogP contribution in [0.4, 0.5) is 5.82 Å². The molecule has 2 aromatic heterocycles. The fourth-order valence-electron chi connectivity index (χ4n) is 5.00. The number of nitrogens with two attached hydrogens (primary N) is 1. The molecule has 0 saturated heterocycles. The molecule has 0 radical (unpaired) electrons. The van der Waals surface area contributed by atoms with E-state index in [4.69, 9.17) is 33.7 Å². The summed E-state index contributed by atoms with van der Waals surface area (Å²) in [4.78, 5) is 42.5. The number of esters is 3. The minimum absolute atomic E-state index is 0.0541. The number of nitrogens with zero attached hydrogens (tertiary/aromatic N) is 4. The first-order valence-corrected chi connectivity index (χ1v) is 18.3. The van der Waals surface area contributed by atoms with Crippen LogP contribution in [-0.2, 0) is 47.8 Å². The molecule has 0 aliphatic heterocycles. The summed E-state index contributed by atoms with van der Waals surface area (Å²) in [5.41, 5.74) is 7.40. The van der Waals surface area contributed by atoms with Crippen LogP contribution in [0, 0.1) is 11.5 Å². The van der Waals surface area contributed by atoms with Crippen molar-refractivity contribution in [1.82, 2.24) is 19.7 Å². The van der Waals surface area contributed by atoms with Crippen molar-refractivity contribution < 1.29 is 46.9 Å². The van der Waals surface area contributed by atoms with Crippen molar-refractivity contribution in [1.29, 1.82) is 5.26 Å². The van der Waals surface area contributed by atoms with Crippen LogP contribution in [0.1, 0.15) is 91.0 Å².